The highest BCUT2D eigenvalue weighted by molar-refractivity contribution is 6.31. The van der Waals surface area contributed by atoms with Crippen LogP contribution in [0, 0.1) is 0 Å². The number of nitrogens with zero attached hydrogens (tertiary/aromatic N) is 1. The Morgan fingerprint density at radius 1 is 1.31 bits per heavy atom. The van der Waals surface area contributed by atoms with Gasteiger partial charge in [-0.3, -0.25) is 14.3 Å². The van der Waals surface area contributed by atoms with Crippen LogP contribution in [-0.4, -0.2) is 53.3 Å². The van der Waals surface area contributed by atoms with Gasteiger partial charge in [-0.2, -0.15) is 0 Å². The predicted octanol–water partition coefficient (Wildman–Crippen LogP) is 3.86. The fourth-order valence-corrected chi connectivity index (χ4v) is 3.58. The number of hydrogen-bond donors (Lipinski definition) is 2. The number of amides is 2. The minimum absolute atomic E-state index is 0.0956. The van der Waals surface area contributed by atoms with Crippen LogP contribution >= 0.6 is 11.6 Å². The molecule has 0 bridgehead atoms. The first-order chi connectivity index (χ1) is 13.7. The number of aromatic nitrogens is 1. The molecule has 1 aliphatic rings. The smallest absolute Gasteiger partial charge is 0.351 e. The van der Waals surface area contributed by atoms with Gasteiger partial charge in [0.2, 0.25) is 5.91 Å². The lowest BCUT2D eigenvalue weighted by molar-refractivity contribution is -0.345. The number of benzene rings is 1. The number of halogens is 4. The van der Waals surface area contributed by atoms with E-state index in [4.69, 9.17) is 11.6 Å². The number of likely N-dealkylation sites (tertiary alicyclic amines) is 1. The quantitative estimate of drug-likeness (QED) is 0.755. The molecule has 158 valence electrons. The minimum Gasteiger partial charge on any atom is -0.351 e. The molecular formula is C19H21ClF3N3O3. The van der Waals surface area contributed by atoms with E-state index >= 15 is 0 Å². The largest absolute Gasteiger partial charge is 0.522 e. The van der Waals surface area contributed by atoms with Crippen molar-refractivity contribution in [1.29, 1.82) is 0 Å². The monoisotopic (exact) mass is 431 g/mol. The standard InChI is InChI=1S/C19H21ClF3N3O3/c1-2-14(18(28)26-7-5-13(6-8-26)29-19(21,22)23)25-17(27)16-10-11-9-12(20)3-4-15(11)24-16/h3-4,9-10,13-14,24H,2,5-8H2,1H3,(H,25,27)/t14-/m0/s1. The van der Waals surface area contributed by atoms with E-state index in [1.165, 1.54) is 4.90 Å². The topological polar surface area (TPSA) is 74.4 Å². The number of hydrogen-bond acceptors (Lipinski definition) is 3. The lowest BCUT2D eigenvalue weighted by Gasteiger charge is -2.34. The number of ether oxygens (including phenoxy) is 1. The molecular weight excluding hydrogens is 411 g/mol. The summed E-state index contributed by atoms with van der Waals surface area (Å²) in [7, 11) is 0. The van der Waals surface area contributed by atoms with Crippen LogP contribution in [-0.2, 0) is 9.53 Å². The fraction of sp³-hybridized carbons (Fsp3) is 0.474. The molecule has 2 aromatic rings. The Bertz CT molecular complexity index is 892. The average molecular weight is 432 g/mol. The first-order valence-electron chi connectivity index (χ1n) is 9.28. The molecule has 0 spiro atoms. The Balaban J connectivity index is 1.60. The number of carbonyl (C=O) groups excluding carboxylic acids is 2. The van der Waals surface area contributed by atoms with Gasteiger partial charge in [0.25, 0.3) is 5.91 Å². The number of alkyl halides is 3. The third kappa shape index (κ3) is 5.42. The van der Waals surface area contributed by atoms with Crippen molar-refractivity contribution in [3.05, 3.63) is 35.0 Å². The van der Waals surface area contributed by atoms with Gasteiger partial charge in [0.15, 0.2) is 0 Å². The molecule has 10 heteroatoms. The van der Waals surface area contributed by atoms with E-state index in [9.17, 15) is 22.8 Å². The van der Waals surface area contributed by atoms with Crippen LogP contribution in [0.25, 0.3) is 10.9 Å². The van der Waals surface area contributed by atoms with Gasteiger partial charge in [0, 0.05) is 29.0 Å². The minimum atomic E-state index is -4.68. The highest BCUT2D eigenvalue weighted by Gasteiger charge is 2.36. The third-order valence-electron chi connectivity index (χ3n) is 4.89. The molecule has 1 fully saturated rings. The zero-order valence-corrected chi connectivity index (χ0v) is 16.4. The van der Waals surface area contributed by atoms with Gasteiger partial charge in [-0.25, -0.2) is 0 Å². The van der Waals surface area contributed by atoms with E-state index in [0.717, 1.165) is 10.9 Å². The molecule has 0 saturated carbocycles. The Kier molecular flexibility index (Phi) is 6.38. The van der Waals surface area contributed by atoms with Crippen molar-refractivity contribution < 1.29 is 27.5 Å². The first kappa shape index (κ1) is 21.4. The summed E-state index contributed by atoms with van der Waals surface area (Å²) in [4.78, 5) is 29.7. The number of fused-ring (bicyclic) bond motifs is 1. The van der Waals surface area contributed by atoms with Gasteiger partial charge in [0.05, 0.1) is 6.10 Å². The van der Waals surface area contributed by atoms with Crippen molar-refractivity contribution in [2.75, 3.05) is 13.1 Å². The molecule has 1 atom stereocenters. The summed E-state index contributed by atoms with van der Waals surface area (Å²) in [5.74, 6) is -0.752. The molecule has 2 heterocycles. The molecule has 0 aliphatic carbocycles. The molecule has 0 radical (unpaired) electrons. The Morgan fingerprint density at radius 2 is 2.00 bits per heavy atom. The first-order valence-corrected chi connectivity index (χ1v) is 9.66. The SMILES string of the molecule is CC[C@H](NC(=O)c1cc2cc(Cl)ccc2[nH]1)C(=O)N1CCC(OC(F)(F)F)CC1. The number of aromatic amines is 1. The summed E-state index contributed by atoms with van der Waals surface area (Å²) in [6.45, 7) is 2.06. The molecule has 1 aromatic heterocycles. The Hall–Kier alpha value is -2.26. The zero-order valence-electron chi connectivity index (χ0n) is 15.7. The summed E-state index contributed by atoms with van der Waals surface area (Å²) >= 11 is 5.95. The summed E-state index contributed by atoms with van der Waals surface area (Å²) < 4.78 is 41.0. The number of piperidine rings is 1. The molecule has 6 nitrogen and oxygen atoms in total. The van der Waals surface area contributed by atoms with Gasteiger partial charge in [-0.05, 0) is 43.5 Å². The third-order valence-corrected chi connectivity index (χ3v) is 5.13. The summed E-state index contributed by atoms with van der Waals surface area (Å²) in [6.07, 6.45) is -5.08. The normalized spacial score (nSPS) is 16.8. The summed E-state index contributed by atoms with van der Waals surface area (Å²) in [6, 6.07) is 6.06. The van der Waals surface area contributed by atoms with Gasteiger partial charge in [-0.1, -0.05) is 18.5 Å². The van der Waals surface area contributed by atoms with Crippen molar-refractivity contribution in [3.63, 3.8) is 0 Å². The van der Waals surface area contributed by atoms with E-state index in [-0.39, 0.29) is 31.8 Å². The fourth-order valence-electron chi connectivity index (χ4n) is 3.40. The molecule has 0 unspecified atom stereocenters. The van der Waals surface area contributed by atoms with E-state index in [0.29, 0.717) is 17.1 Å². The van der Waals surface area contributed by atoms with Crippen LogP contribution < -0.4 is 5.32 Å². The maximum absolute atomic E-state index is 12.7. The number of nitrogens with one attached hydrogen (secondary N) is 2. The van der Waals surface area contributed by atoms with Gasteiger partial charge in [-0.15, -0.1) is 13.2 Å². The second kappa shape index (κ2) is 8.62. The lowest BCUT2D eigenvalue weighted by Crippen LogP contribution is -2.51. The van der Waals surface area contributed by atoms with Crippen molar-refractivity contribution in [1.82, 2.24) is 15.2 Å². The van der Waals surface area contributed by atoms with Gasteiger partial charge >= 0.3 is 6.36 Å². The highest BCUT2D eigenvalue weighted by Crippen LogP contribution is 2.25. The van der Waals surface area contributed by atoms with Crippen LogP contribution in [0.5, 0.6) is 0 Å². The molecule has 1 aromatic carbocycles. The van der Waals surface area contributed by atoms with Crippen molar-refractivity contribution in [2.24, 2.45) is 0 Å². The molecule has 1 aliphatic heterocycles. The van der Waals surface area contributed by atoms with E-state index in [2.05, 4.69) is 15.0 Å². The Morgan fingerprint density at radius 3 is 2.62 bits per heavy atom. The van der Waals surface area contributed by atoms with E-state index < -0.39 is 24.4 Å². The molecule has 2 amide bonds. The van der Waals surface area contributed by atoms with E-state index in [1.807, 2.05) is 0 Å². The van der Waals surface area contributed by atoms with Gasteiger partial charge < -0.3 is 15.2 Å². The summed E-state index contributed by atoms with van der Waals surface area (Å²) in [5.41, 5.74) is 1.04. The summed E-state index contributed by atoms with van der Waals surface area (Å²) in [5, 5.41) is 4.02. The molecule has 3 rings (SSSR count). The van der Waals surface area contributed by atoms with Crippen LogP contribution in [0.2, 0.25) is 5.02 Å². The van der Waals surface area contributed by atoms with Crippen molar-refractivity contribution in [3.8, 4) is 0 Å². The second-order valence-corrected chi connectivity index (χ2v) is 7.37. The van der Waals surface area contributed by atoms with Crippen molar-refractivity contribution in [2.45, 2.75) is 44.7 Å². The van der Waals surface area contributed by atoms with Crippen LogP contribution in [0.1, 0.15) is 36.7 Å². The number of H-pyrrole nitrogens is 1. The van der Waals surface area contributed by atoms with Crippen LogP contribution in [0.4, 0.5) is 13.2 Å². The van der Waals surface area contributed by atoms with E-state index in [1.54, 1.807) is 31.2 Å². The second-order valence-electron chi connectivity index (χ2n) is 6.94. The maximum Gasteiger partial charge on any atom is 0.522 e. The zero-order chi connectivity index (χ0) is 21.2. The number of carbonyl (C=O) groups is 2. The molecule has 1 saturated heterocycles. The highest BCUT2D eigenvalue weighted by atomic mass is 35.5. The number of rotatable bonds is 5. The Labute approximate surface area is 170 Å². The van der Waals surface area contributed by atoms with Crippen LogP contribution in [0.15, 0.2) is 24.3 Å². The predicted molar refractivity (Wildman–Crippen MR) is 102 cm³/mol. The van der Waals surface area contributed by atoms with Gasteiger partial charge in [0.1, 0.15) is 11.7 Å². The van der Waals surface area contributed by atoms with Crippen LogP contribution in [0.3, 0.4) is 0 Å². The maximum atomic E-state index is 12.7. The lowest BCUT2D eigenvalue weighted by atomic mass is 10.1. The van der Waals surface area contributed by atoms with Crippen molar-refractivity contribution >= 4 is 34.3 Å². The molecule has 2 N–H and O–H groups in total. The molecule has 29 heavy (non-hydrogen) atoms. The average Bonchev–Trinajstić information content (AvgIpc) is 3.08.